The van der Waals surface area contributed by atoms with Gasteiger partial charge in [-0.2, -0.15) is 18.4 Å². The molecule has 0 saturated heterocycles. The Morgan fingerprint density at radius 1 is 1.26 bits per heavy atom. The molecule has 0 N–H and O–H groups in total. The highest BCUT2D eigenvalue weighted by atomic mass is 19.4. The van der Waals surface area contributed by atoms with Crippen molar-refractivity contribution in [3.8, 4) is 11.8 Å². The normalized spacial score (nSPS) is 11.1. The molecular formula is C13H8F3NO2. The lowest BCUT2D eigenvalue weighted by Gasteiger charge is -2.10. The summed E-state index contributed by atoms with van der Waals surface area (Å²) in [5, 5.41) is 8.73. The highest BCUT2D eigenvalue weighted by Gasteiger charge is 2.33. The number of rotatable bonds is 3. The molecule has 2 aromatic rings. The van der Waals surface area contributed by atoms with Gasteiger partial charge in [0.1, 0.15) is 18.1 Å². The van der Waals surface area contributed by atoms with Gasteiger partial charge in [0.25, 0.3) is 0 Å². The molecule has 3 nitrogen and oxygen atoms in total. The van der Waals surface area contributed by atoms with Crippen LogP contribution in [0.4, 0.5) is 13.2 Å². The van der Waals surface area contributed by atoms with Gasteiger partial charge in [0, 0.05) is 0 Å². The van der Waals surface area contributed by atoms with Crippen molar-refractivity contribution in [3.63, 3.8) is 0 Å². The average Bonchev–Trinajstić information content (AvgIpc) is 2.88. The Morgan fingerprint density at radius 3 is 2.63 bits per heavy atom. The Morgan fingerprint density at radius 2 is 2.05 bits per heavy atom. The smallest absolute Gasteiger partial charge is 0.417 e. The molecule has 0 bridgehead atoms. The molecule has 6 heteroatoms. The lowest BCUT2D eigenvalue weighted by atomic mass is 10.1. The molecule has 98 valence electrons. The summed E-state index contributed by atoms with van der Waals surface area (Å²) < 4.78 is 48.0. The molecule has 1 aromatic heterocycles. The van der Waals surface area contributed by atoms with Crippen LogP contribution < -0.4 is 4.74 Å². The third kappa shape index (κ3) is 3.07. The zero-order valence-corrected chi connectivity index (χ0v) is 9.57. The van der Waals surface area contributed by atoms with Crippen molar-refractivity contribution in [1.29, 1.82) is 5.26 Å². The first-order valence-electron chi connectivity index (χ1n) is 5.27. The zero-order chi connectivity index (χ0) is 13.9. The van der Waals surface area contributed by atoms with Crippen molar-refractivity contribution in [2.45, 2.75) is 12.8 Å². The van der Waals surface area contributed by atoms with E-state index in [1.165, 1.54) is 18.4 Å². The van der Waals surface area contributed by atoms with Crippen LogP contribution in [0.3, 0.4) is 0 Å². The van der Waals surface area contributed by atoms with Crippen LogP contribution in [-0.2, 0) is 12.8 Å². The zero-order valence-electron chi connectivity index (χ0n) is 9.57. The Balaban J connectivity index is 2.18. The Kier molecular flexibility index (Phi) is 3.47. The third-order valence-electron chi connectivity index (χ3n) is 2.38. The fraction of sp³-hybridized carbons (Fsp3) is 0.154. The van der Waals surface area contributed by atoms with Crippen molar-refractivity contribution in [1.82, 2.24) is 0 Å². The molecule has 0 aliphatic rings. The van der Waals surface area contributed by atoms with E-state index in [9.17, 15) is 13.2 Å². The first-order chi connectivity index (χ1) is 9.00. The van der Waals surface area contributed by atoms with Gasteiger partial charge in [-0.1, -0.05) is 0 Å². The largest absolute Gasteiger partial charge is 0.486 e. The summed E-state index contributed by atoms with van der Waals surface area (Å²) in [6, 6.07) is 7.92. The molecule has 0 spiro atoms. The number of ether oxygens (including phenoxy) is 1. The number of hydrogen-bond acceptors (Lipinski definition) is 3. The summed E-state index contributed by atoms with van der Waals surface area (Å²) in [4.78, 5) is 0. The lowest BCUT2D eigenvalue weighted by molar-refractivity contribution is -0.137. The number of furan rings is 1. The maximum atomic E-state index is 12.6. The second kappa shape index (κ2) is 5.06. The average molecular weight is 267 g/mol. The maximum Gasteiger partial charge on any atom is 0.417 e. The first kappa shape index (κ1) is 13.0. The van der Waals surface area contributed by atoms with E-state index in [1.54, 1.807) is 12.1 Å². The second-order valence-electron chi connectivity index (χ2n) is 3.68. The van der Waals surface area contributed by atoms with E-state index in [1.807, 2.05) is 0 Å². The molecule has 0 fully saturated rings. The third-order valence-corrected chi connectivity index (χ3v) is 2.38. The number of halogens is 3. The van der Waals surface area contributed by atoms with Gasteiger partial charge in [0.2, 0.25) is 0 Å². The van der Waals surface area contributed by atoms with Crippen LogP contribution in [-0.4, -0.2) is 0 Å². The van der Waals surface area contributed by atoms with E-state index in [0.29, 0.717) is 5.76 Å². The predicted octanol–water partition coefficient (Wildman–Crippen LogP) is 3.75. The summed E-state index contributed by atoms with van der Waals surface area (Å²) in [5.41, 5.74) is -1.44. The van der Waals surface area contributed by atoms with Crippen LogP contribution in [0.1, 0.15) is 16.9 Å². The minimum atomic E-state index is -4.55. The molecule has 0 radical (unpaired) electrons. The van der Waals surface area contributed by atoms with Crippen molar-refractivity contribution < 1.29 is 22.3 Å². The highest BCUT2D eigenvalue weighted by molar-refractivity contribution is 5.44. The molecule has 2 rings (SSSR count). The molecule has 0 aliphatic carbocycles. The fourth-order valence-electron chi connectivity index (χ4n) is 1.50. The standard InChI is InChI=1S/C13H8F3NO2/c14-13(15,16)12-4-3-10(6-9(12)7-17)19-8-11-2-1-5-18-11/h1-6H,8H2. The van der Waals surface area contributed by atoms with Gasteiger partial charge in [-0.25, -0.2) is 0 Å². The number of alkyl halides is 3. The fourth-order valence-corrected chi connectivity index (χ4v) is 1.50. The topological polar surface area (TPSA) is 46.2 Å². The summed E-state index contributed by atoms with van der Waals surface area (Å²) in [6.45, 7) is 0.0865. The minimum absolute atomic E-state index is 0.0865. The van der Waals surface area contributed by atoms with Crippen LogP contribution >= 0.6 is 0 Å². The SMILES string of the molecule is N#Cc1cc(OCc2ccco2)ccc1C(F)(F)F. The number of hydrogen-bond donors (Lipinski definition) is 0. The van der Waals surface area contributed by atoms with Gasteiger partial charge in [-0.3, -0.25) is 0 Å². The molecule has 19 heavy (non-hydrogen) atoms. The number of nitriles is 1. The Hall–Kier alpha value is -2.42. The molecular weight excluding hydrogens is 259 g/mol. The van der Waals surface area contributed by atoms with Crippen molar-refractivity contribution >= 4 is 0 Å². The molecule has 1 heterocycles. The highest BCUT2D eigenvalue weighted by Crippen LogP contribution is 2.33. The minimum Gasteiger partial charge on any atom is -0.486 e. The van der Waals surface area contributed by atoms with Gasteiger partial charge < -0.3 is 9.15 Å². The van der Waals surface area contributed by atoms with E-state index >= 15 is 0 Å². The van der Waals surface area contributed by atoms with Crippen molar-refractivity contribution in [2.75, 3.05) is 0 Å². The van der Waals surface area contributed by atoms with Gasteiger partial charge in [0.15, 0.2) is 0 Å². The molecule has 0 saturated carbocycles. The predicted molar refractivity (Wildman–Crippen MR) is 59.2 cm³/mol. The van der Waals surface area contributed by atoms with Gasteiger partial charge >= 0.3 is 6.18 Å². The summed E-state index contributed by atoms with van der Waals surface area (Å²) >= 11 is 0. The molecule has 0 amide bonds. The van der Waals surface area contributed by atoms with Gasteiger partial charge in [-0.15, -0.1) is 0 Å². The van der Waals surface area contributed by atoms with Gasteiger partial charge in [0.05, 0.1) is 23.5 Å². The lowest BCUT2D eigenvalue weighted by Crippen LogP contribution is -2.08. The van der Waals surface area contributed by atoms with E-state index in [0.717, 1.165) is 12.1 Å². The Labute approximate surface area is 106 Å². The van der Waals surface area contributed by atoms with Crippen LogP contribution in [0.25, 0.3) is 0 Å². The Bertz CT molecular complexity index is 597. The van der Waals surface area contributed by atoms with E-state index in [-0.39, 0.29) is 12.4 Å². The quantitative estimate of drug-likeness (QED) is 0.850. The van der Waals surface area contributed by atoms with Gasteiger partial charge in [-0.05, 0) is 30.3 Å². The van der Waals surface area contributed by atoms with Crippen LogP contribution in [0.5, 0.6) is 5.75 Å². The number of benzene rings is 1. The molecule has 0 aliphatic heterocycles. The van der Waals surface area contributed by atoms with Crippen LogP contribution in [0.2, 0.25) is 0 Å². The number of nitrogens with zero attached hydrogens (tertiary/aromatic N) is 1. The van der Waals surface area contributed by atoms with E-state index in [4.69, 9.17) is 14.4 Å². The summed E-state index contributed by atoms with van der Waals surface area (Å²) in [7, 11) is 0. The van der Waals surface area contributed by atoms with Crippen LogP contribution in [0, 0.1) is 11.3 Å². The summed E-state index contributed by atoms with van der Waals surface area (Å²) in [6.07, 6.45) is -3.09. The molecule has 1 aromatic carbocycles. The van der Waals surface area contributed by atoms with E-state index in [2.05, 4.69) is 0 Å². The monoisotopic (exact) mass is 267 g/mol. The van der Waals surface area contributed by atoms with Crippen molar-refractivity contribution in [2.24, 2.45) is 0 Å². The van der Waals surface area contributed by atoms with Crippen LogP contribution in [0.15, 0.2) is 41.0 Å². The molecule has 0 atom stereocenters. The first-order valence-corrected chi connectivity index (χ1v) is 5.27. The van der Waals surface area contributed by atoms with E-state index < -0.39 is 17.3 Å². The van der Waals surface area contributed by atoms with Crippen molar-refractivity contribution in [3.05, 3.63) is 53.5 Å². The molecule has 0 unspecified atom stereocenters. The maximum absolute atomic E-state index is 12.6. The second-order valence-corrected chi connectivity index (χ2v) is 3.68. The summed E-state index contributed by atoms with van der Waals surface area (Å²) in [5.74, 6) is 0.722.